The van der Waals surface area contributed by atoms with E-state index in [9.17, 15) is 9.59 Å². The Kier molecular flexibility index (Phi) is 10.2. The Bertz CT molecular complexity index is 1260. The third kappa shape index (κ3) is 6.83. The predicted molar refractivity (Wildman–Crippen MR) is 162 cm³/mol. The van der Waals surface area contributed by atoms with Crippen LogP contribution in [0.2, 0.25) is 0 Å². The molecule has 5 atom stereocenters. The number of aromatic nitrogens is 1. The summed E-state index contributed by atoms with van der Waals surface area (Å²) in [5.41, 5.74) is 2.83. The average molecular weight is 582 g/mol. The molecule has 4 rings (SSSR count). The van der Waals surface area contributed by atoms with Gasteiger partial charge >= 0.3 is 5.97 Å². The third-order valence-corrected chi connectivity index (χ3v) is 9.12. The van der Waals surface area contributed by atoms with Crippen molar-refractivity contribution in [1.29, 1.82) is 0 Å². The highest BCUT2D eigenvalue weighted by Gasteiger charge is 2.46. The van der Waals surface area contributed by atoms with Gasteiger partial charge in [-0.25, -0.2) is 4.98 Å². The lowest BCUT2D eigenvalue weighted by atomic mass is 9.85. The lowest BCUT2D eigenvalue weighted by Gasteiger charge is -2.33. The lowest BCUT2D eigenvalue weighted by molar-refractivity contribution is -0.151. The number of carbonyl (C=O) groups is 2. The Morgan fingerprint density at radius 2 is 1.98 bits per heavy atom. The average Bonchev–Trinajstić information content (AvgIpc) is 3.63. The van der Waals surface area contributed by atoms with Crippen molar-refractivity contribution in [2.45, 2.75) is 70.9 Å². The van der Waals surface area contributed by atoms with E-state index in [0.29, 0.717) is 25.3 Å². The van der Waals surface area contributed by atoms with Gasteiger partial charge in [0.05, 0.1) is 55.5 Å². The summed E-state index contributed by atoms with van der Waals surface area (Å²) in [4.78, 5) is 38.0. The first-order valence-corrected chi connectivity index (χ1v) is 15.3. The van der Waals surface area contributed by atoms with Gasteiger partial charge in [0, 0.05) is 25.0 Å². The van der Waals surface area contributed by atoms with E-state index in [0.717, 1.165) is 52.8 Å². The number of hydrogen-bond donors (Lipinski definition) is 0. The van der Waals surface area contributed by atoms with Crippen molar-refractivity contribution in [2.24, 2.45) is 22.7 Å². The fourth-order valence-corrected chi connectivity index (χ4v) is 6.76. The van der Waals surface area contributed by atoms with E-state index in [1.807, 2.05) is 32.2 Å². The molecule has 1 amide bonds. The van der Waals surface area contributed by atoms with Crippen LogP contribution in [0, 0.1) is 17.8 Å². The molecule has 9 heteroatoms. The van der Waals surface area contributed by atoms with E-state index in [-0.39, 0.29) is 29.9 Å². The maximum Gasteiger partial charge on any atom is 0.309 e. The number of nitrogens with zero attached hydrogens (tertiary/aromatic N) is 3. The van der Waals surface area contributed by atoms with Crippen LogP contribution in [0.4, 0.5) is 0 Å². The van der Waals surface area contributed by atoms with Crippen LogP contribution in [-0.2, 0) is 23.8 Å². The van der Waals surface area contributed by atoms with Crippen LogP contribution in [0.3, 0.4) is 0 Å². The quantitative estimate of drug-likeness (QED) is 0.175. The summed E-state index contributed by atoms with van der Waals surface area (Å²) in [6, 6.07) is -0.187. The first-order valence-electron chi connectivity index (χ1n) is 14.5. The second kappa shape index (κ2) is 13.6. The standard InChI is InChI=1S/C32H43N3O5S/c1-8-9-10-11-14-35(5)31(36)23-15-21(16-24(23)32(37)39-7)40-28-17-25(30-34-26(18-41-30)19(2)3)33-29-20(4)27(38-6)13-12-22(28)29/h8,12-13,17-19,21-24,29H,1,9-11,14-16H2,2-7H3/t21-,22?,23+,24+,29?/m0/s1. The molecule has 2 heterocycles. The molecule has 3 aliphatic rings. The molecular weight excluding hydrogens is 538 g/mol. The lowest BCUT2D eigenvalue weighted by Crippen LogP contribution is -2.37. The number of ether oxygens (including phenoxy) is 3. The zero-order valence-corrected chi connectivity index (χ0v) is 25.9. The molecule has 1 fully saturated rings. The molecule has 222 valence electrons. The van der Waals surface area contributed by atoms with Crippen LogP contribution >= 0.6 is 11.3 Å². The number of carbonyl (C=O) groups excluding carboxylic acids is 2. The fraction of sp³-hybridized carbons (Fsp3) is 0.562. The van der Waals surface area contributed by atoms with E-state index in [1.54, 1.807) is 23.3 Å². The molecule has 0 bridgehead atoms. The fourth-order valence-electron chi connectivity index (χ4n) is 5.81. The molecule has 8 nitrogen and oxygen atoms in total. The Hall–Kier alpha value is -3.20. The van der Waals surface area contributed by atoms with Gasteiger partial charge in [-0.1, -0.05) is 26.0 Å². The molecular formula is C32H43N3O5S. The number of esters is 1. The van der Waals surface area contributed by atoms with Crippen molar-refractivity contribution in [2.75, 3.05) is 27.8 Å². The van der Waals surface area contributed by atoms with Crippen LogP contribution in [0.25, 0.3) is 0 Å². The molecule has 1 aliphatic heterocycles. The Morgan fingerprint density at radius 3 is 2.63 bits per heavy atom. The van der Waals surface area contributed by atoms with Gasteiger partial charge in [0.15, 0.2) is 0 Å². The van der Waals surface area contributed by atoms with Crippen LogP contribution in [0.15, 0.2) is 58.3 Å². The zero-order valence-electron chi connectivity index (χ0n) is 25.1. The second-order valence-electron chi connectivity index (χ2n) is 11.4. The van der Waals surface area contributed by atoms with Crippen LogP contribution in [0.1, 0.15) is 69.5 Å². The van der Waals surface area contributed by atoms with E-state index < -0.39 is 11.8 Å². The zero-order chi connectivity index (χ0) is 29.7. The molecule has 1 aromatic rings. The number of hydrogen-bond acceptors (Lipinski definition) is 8. The molecule has 41 heavy (non-hydrogen) atoms. The van der Waals surface area contributed by atoms with Crippen LogP contribution in [-0.4, -0.2) is 67.4 Å². The molecule has 0 aromatic carbocycles. The normalized spacial score (nSPS) is 25.4. The van der Waals surface area contributed by atoms with Crippen LogP contribution in [0.5, 0.6) is 0 Å². The summed E-state index contributed by atoms with van der Waals surface area (Å²) in [6.45, 7) is 10.7. The van der Waals surface area contributed by atoms with E-state index in [1.165, 1.54) is 7.11 Å². The third-order valence-electron chi connectivity index (χ3n) is 8.24. The van der Waals surface area contributed by atoms with Crippen molar-refractivity contribution in [3.05, 3.63) is 64.1 Å². The Labute approximate surface area is 247 Å². The van der Waals surface area contributed by atoms with Gasteiger partial charge in [-0.3, -0.25) is 14.6 Å². The monoisotopic (exact) mass is 581 g/mol. The Morgan fingerprint density at radius 1 is 1.22 bits per heavy atom. The van der Waals surface area contributed by atoms with E-state index >= 15 is 0 Å². The van der Waals surface area contributed by atoms with Gasteiger partial charge in [-0.05, 0) is 56.6 Å². The number of rotatable bonds is 12. The van der Waals surface area contributed by atoms with E-state index in [4.69, 9.17) is 24.2 Å². The minimum atomic E-state index is -0.544. The van der Waals surface area contributed by atoms with Gasteiger partial charge in [0.25, 0.3) is 0 Å². The number of allylic oxidation sites excluding steroid dienone is 3. The minimum absolute atomic E-state index is 0.0343. The summed E-state index contributed by atoms with van der Waals surface area (Å²) < 4.78 is 17.4. The van der Waals surface area contributed by atoms with Crippen molar-refractivity contribution in [1.82, 2.24) is 9.88 Å². The van der Waals surface area contributed by atoms with Crippen LogP contribution < -0.4 is 0 Å². The highest BCUT2D eigenvalue weighted by atomic mass is 32.1. The van der Waals surface area contributed by atoms with Crippen molar-refractivity contribution in [3.8, 4) is 0 Å². The van der Waals surface area contributed by atoms with Gasteiger partial charge in [0.2, 0.25) is 5.91 Å². The van der Waals surface area contributed by atoms with E-state index in [2.05, 4.69) is 31.9 Å². The SMILES string of the molecule is C=CCCCCN(C)C(=O)[C@@H]1C[C@H](OC2=CC(c3nc(C(C)C)cs3)=NC3C(C)=C(OC)C=CC23)C[C@H]1C(=O)OC. The molecule has 0 radical (unpaired) electrons. The number of dihydropyridines is 1. The number of amides is 1. The number of unbranched alkanes of at least 4 members (excludes halogenated alkanes) is 2. The molecule has 2 unspecified atom stereocenters. The number of fused-ring (bicyclic) bond motifs is 1. The molecule has 1 aromatic heterocycles. The summed E-state index contributed by atoms with van der Waals surface area (Å²) in [5.74, 6) is 0.349. The summed E-state index contributed by atoms with van der Waals surface area (Å²) >= 11 is 1.58. The number of aliphatic imine (C=N–C) groups is 1. The van der Waals surface area contributed by atoms with Crippen molar-refractivity contribution in [3.63, 3.8) is 0 Å². The van der Waals surface area contributed by atoms with Gasteiger partial charge in [-0.2, -0.15) is 0 Å². The number of methoxy groups -OCH3 is 2. The predicted octanol–water partition coefficient (Wildman–Crippen LogP) is 5.83. The molecule has 2 aliphatic carbocycles. The highest BCUT2D eigenvalue weighted by Crippen LogP contribution is 2.41. The van der Waals surface area contributed by atoms with Gasteiger partial charge in [0.1, 0.15) is 16.5 Å². The highest BCUT2D eigenvalue weighted by molar-refractivity contribution is 7.12. The maximum atomic E-state index is 13.5. The summed E-state index contributed by atoms with van der Waals surface area (Å²) in [6.07, 6.45) is 11.3. The first kappa shape index (κ1) is 30.8. The molecule has 0 N–H and O–H groups in total. The Balaban J connectivity index is 1.58. The van der Waals surface area contributed by atoms with Gasteiger partial charge in [-0.15, -0.1) is 17.9 Å². The first-order chi connectivity index (χ1) is 19.7. The summed E-state index contributed by atoms with van der Waals surface area (Å²) in [5, 5.41) is 2.93. The largest absolute Gasteiger partial charge is 0.497 e. The maximum absolute atomic E-state index is 13.5. The van der Waals surface area contributed by atoms with Crippen molar-refractivity contribution < 1.29 is 23.8 Å². The number of thiazole rings is 1. The van der Waals surface area contributed by atoms with Gasteiger partial charge < -0.3 is 19.1 Å². The molecule has 0 saturated heterocycles. The topological polar surface area (TPSA) is 90.3 Å². The molecule has 0 spiro atoms. The van der Waals surface area contributed by atoms with Crippen molar-refractivity contribution >= 4 is 28.9 Å². The summed E-state index contributed by atoms with van der Waals surface area (Å²) in [7, 11) is 4.85. The molecule has 1 saturated carbocycles. The minimum Gasteiger partial charge on any atom is -0.497 e. The second-order valence-corrected chi connectivity index (χ2v) is 12.2. The smallest absolute Gasteiger partial charge is 0.309 e.